The highest BCUT2D eigenvalue weighted by Gasteiger charge is 2.37. The summed E-state index contributed by atoms with van der Waals surface area (Å²) in [5.41, 5.74) is 1.37. The van der Waals surface area contributed by atoms with E-state index in [4.69, 9.17) is 19.5 Å². The van der Waals surface area contributed by atoms with E-state index in [1.807, 2.05) is 52.0 Å². The number of hydrogen-bond donors (Lipinski definition) is 2. The average Bonchev–Trinajstić information content (AvgIpc) is 2.89. The van der Waals surface area contributed by atoms with Crippen LogP contribution in [0.15, 0.2) is 81.2 Å². The third-order valence-corrected chi connectivity index (χ3v) is 7.56. The third-order valence-electron chi connectivity index (χ3n) is 7.56. The van der Waals surface area contributed by atoms with E-state index in [1.54, 1.807) is 38.5 Å². The van der Waals surface area contributed by atoms with Crippen LogP contribution in [-0.4, -0.2) is 47.4 Å². The number of ether oxygens (including phenoxy) is 2. The van der Waals surface area contributed by atoms with Crippen LogP contribution < -0.4 is 9.47 Å². The lowest BCUT2D eigenvalue weighted by Crippen LogP contribution is -2.31. The Labute approximate surface area is 247 Å². The summed E-state index contributed by atoms with van der Waals surface area (Å²) in [5, 5.41) is 22.2. The molecule has 2 aliphatic carbocycles. The number of ketones is 2. The number of Topliss-reactive ketones (excluding diaryl/α,β-unsaturated/α-hetero) is 2. The number of carbonyl (C=O) groups is 2. The number of carbonyl (C=O) groups excluding carboxylic acids is 2. The van der Waals surface area contributed by atoms with Crippen molar-refractivity contribution < 1.29 is 29.3 Å². The first kappa shape index (κ1) is 30.8. The van der Waals surface area contributed by atoms with E-state index in [1.165, 1.54) is 0 Å². The Bertz CT molecular complexity index is 1400. The number of methoxy groups -OCH3 is 2. The fourth-order valence-corrected chi connectivity index (χ4v) is 5.68. The standard InChI is InChI=1S/C34H40N2O6/c1-33(2)17-25(37)31(26(38)18-33)23(35-21-11-7-9-13-29(21)41-5)15-16-24(36-22-12-8-10-14-30(22)42-6)32-27(39)19-34(3,4)20-28(32)40/h7-14,37,39H,15-20H2,1-6H3. The van der Waals surface area contributed by atoms with E-state index in [9.17, 15) is 19.8 Å². The minimum absolute atomic E-state index is 0.00864. The molecule has 0 unspecified atom stereocenters. The van der Waals surface area contributed by atoms with Gasteiger partial charge in [-0.05, 0) is 47.9 Å². The van der Waals surface area contributed by atoms with Gasteiger partial charge in [-0.3, -0.25) is 9.59 Å². The van der Waals surface area contributed by atoms with E-state index < -0.39 is 0 Å². The van der Waals surface area contributed by atoms with Crippen LogP contribution in [0.5, 0.6) is 11.5 Å². The number of para-hydroxylation sites is 4. The smallest absolute Gasteiger partial charge is 0.168 e. The molecule has 42 heavy (non-hydrogen) atoms. The summed E-state index contributed by atoms with van der Waals surface area (Å²) in [6.45, 7) is 7.77. The lowest BCUT2D eigenvalue weighted by Gasteiger charge is -2.31. The van der Waals surface area contributed by atoms with Gasteiger partial charge in [0.15, 0.2) is 11.6 Å². The molecule has 0 bridgehead atoms. The zero-order valence-electron chi connectivity index (χ0n) is 25.3. The van der Waals surface area contributed by atoms with Gasteiger partial charge in [0.25, 0.3) is 0 Å². The zero-order valence-corrected chi connectivity index (χ0v) is 25.3. The van der Waals surface area contributed by atoms with Crippen molar-refractivity contribution in [3.8, 4) is 11.5 Å². The summed E-state index contributed by atoms with van der Waals surface area (Å²) in [6, 6.07) is 14.4. The fourth-order valence-electron chi connectivity index (χ4n) is 5.68. The molecule has 0 radical (unpaired) electrons. The molecule has 0 saturated carbocycles. The lowest BCUT2D eigenvalue weighted by molar-refractivity contribution is -0.118. The topological polar surface area (TPSA) is 118 Å². The molecule has 0 aromatic heterocycles. The van der Waals surface area contributed by atoms with Crippen molar-refractivity contribution in [3.63, 3.8) is 0 Å². The second kappa shape index (κ2) is 12.3. The van der Waals surface area contributed by atoms with E-state index in [2.05, 4.69) is 0 Å². The molecule has 2 aromatic rings. The molecule has 0 amide bonds. The predicted octanol–water partition coefficient (Wildman–Crippen LogP) is 7.73. The number of benzene rings is 2. The van der Waals surface area contributed by atoms with Gasteiger partial charge in [-0.25, -0.2) is 9.98 Å². The van der Waals surface area contributed by atoms with Gasteiger partial charge in [0.1, 0.15) is 34.4 Å². The maximum Gasteiger partial charge on any atom is 0.168 e. The van der Waals surface area contributed by atoms with Crippen molar-refractivity contribution >= 4 is 34.4 Å². The summed E-state index contributed by atoms with van der Waals surface area (Å²) in [5.74, 6) is 0.631. The molecule has 0 atom stereocenters. The number of aliphatic imine (C=N–C) groups is 2. The summed E-state index contributed by atoms with van der Waals surface area (Å²) in [6.07, 6.45) is 1.54. The molecule has 0 saturated heterocycles. The summed E-state index contributed by atoms with van der Waals surface area (Å²) >= 11 is 0. The van der Waals surface area contributed by atoms with Gasteiger partial charge in [-0.1, -0.05) is 52.0 Å². The third kappa shape index (κ3) is 6.98. The van der Waals surface area contributed by atoms with E-state index in [0.29, 0.717) is 47.1 Å². The highest BCUT2D eigenvalue weighted by atomic mass is 16.5. The van der Waals surface area contributed by atoms with Crippen molar-refractivity contribution in [2.45, 2.75) is 66.2 Å². The van der Waals surface area contributed by atoms with E-state index in [-0.39, 0.29) is 70.7 Å². The number of hydrogen-bond acceptors (Lipinski definition) is 8. The number of nitrogens with zero attached hydrogens (tertiary/aromatic N) is 2. The van der Waals surface area contributed by atoms with Crippen molar-refractivity contribution in [2.24, 2.45) is 20.8 Å². The van der Waals surface area contributed by atoms with Crippen molar-refractivity contribution in [1.82, 2.24) is 0 Å². The fraction of sp³-hybridized carbons (Fsp3) is 0.412. The van der Waals surface area contributed by atoms with Crippen LogP contribution in [0, 0.1) is 10.8 Å². The lowest BCUT2D eigenvalue weighted by atomic mass is 9.74. The Morgan fingerprint density at radius 1 is 0.667 bits per heavy atom. The number of rotatable bonds is 9. The molecule has 8 nitrogen and oxygen atoms in total. The SMILES string of the molecule is COc1ccccc1N=C(CCC(=Nc1ccccc1OC)C1=C(O)CC(C)(C)CC1=O)C1=C(O)CC(C)(C)CC1=O. The average molecular weight is 573 g/mol. The van der Waals surface area contributed by atoms with Gasteiger partial charge >= 0.3 is 0 Å². The molecular weight excluding hydrogens is 532 g/mol. The monoisotopic (exact) mass is 572 g/mol. The molecule has 2 aliphatic rings. The maximum absolute atomic E-state index is 13.4. The first-order valence-electron chi connectivity index (χ1n) is 14.2. The molecule has 8 heteroatoms. The van der Waals surface area contributed by atoms with Crippen LogP contribution in [-0.2, 0) is 9.59 Å². The van der Waals surface area contributed by atoms with Crippen LogP contribution in [0.1, 0.15) is 66.2 Å². The second-order valence-electron chi connectivity index (χ2n) is 12.5. The predicted molar refractivity (Wildman–Crippen MR) is 165 cm³/mol. The summed E-state index contributed by atoms with van der Waals surface area (Å²) < 4.78 is 11.0. The molecule has 0 fully saturated rings. The normalized spacial score (nSPS) is 19.3. The Kier molecular flexibility index (Phi) is 9.04. The van der Waals surface area contributed by atoms with Gasteiger partial charge in [-0.15, -0.1) is 0 Å². The van der Waals surface area contributed by atoms with Gasteiger partial charge < -0.3 is 19.7 Å². The first-order valence-corrected chi connectivity index (χ1v) is 14.2. The van der Waals surface area contributed by atoms with E-state index in [0.717, 1.165) is 0 Å². The molecule has 0 heterocycles. The molecule has 4 rings (SSSR count). The Hall–Kier alpha value is -4.20. The highest BCUT2D eigenvalue weighted by Crippen LogP contribution is 2.40. The van der Waals surface area contributed by atoms with Gasteiger partial charge in [0.2, 0.25) is 0 Å². The Morgan fingerprint density at radius 3 is 1.36 bits per heavy atom. The molecule has 2 N–H and O–H groups in total. The van der Waals surface area contributed by atoms with Gasteiger partial charge in [-0.2, -0.15) is 0 Å². The minimum atomic E-state index is -0.380. The first-order chi connectivity index (χ1) is 19.8. The minimum Gasteiger partial charge on any atom is -0.511 e. The molecule has 0 spiro atoms. The largest absolute Gasteiger partial charge is 0.511 e. The van der Waals surface area contributed by atoms with Crippen LogP contribution in [0.4, 0.5) is 11.4 Å². The molecule has 2 aromatic carbocycles. The Morgan fingerprint density at radius 2 is 1.02 bits per heavy atom. The molecule has 222 valence electrons. The van der Waals surface area contributed by atoms with Crippen LogP contribution >= 0.6 is 0 Å². The molecular formula is C34H40N2O6. The van der Waals surface area contributed by atoms with Crippen LogP contribution in [0.3, 0.4) is 0 Å². The van der Waals surface area contributed by atoms with Crippen molar-refractivity contribution in [1.29, 1.82) is 0 Å². The van der Waals surface area contributed by atoms with Gasteiger partial charge in [0, 0.05) is 25.7 Å². The summed E-state index contributed by atoms with van der Waals surface area (Å²) in [7, 11) is 3.09. The highest BCUT2D eigenvalue weighted by molar-refractivity contribution is 6.27. The summed E-state index contributed by atoms with van der Waals surface area (Å²) in [4.78, 5) is 36.5. The number of aliphatic hydroxyl groups is 2. The number of aliphatic hydroxyl groups excluding tert-OH is 2. The zero-order chi connectivity index (χ0) is 30.7. The van der Waals surface area contributed by atoms with Gasteiger partial charge in [0.05, 0.1) is 36.8 Å². The van der Waals surface area contributed by atoms with Crippen molar-refractivity contribution in [3.05, 3.63) is 71.2 Å². The Balaban J connectivity index is 1.85. The van der Waals surface area contributed by atoms with Crippen LogP contribution in [0.25, 0.3) is 0 Å². The maximum atomic E-state index is 13.4. The second-order valence-corrected chi connectivity index (χ2v) is 12.5. The van der Waals surface area contributed by atoms with Crippen LogP contribution in [0.2, 0.25) is 0 Å². The number of allylic oxidation sites excluding steroid dienone is 4. The molecule has 0 aliphatic heterocycles. The van der Waals surface area contributed by atoms with E-state index >= 15 is 0 Å². The van der Waals surface area contributed by atoms with Crippen molar-refractivity contribution in [2.75, 3.05) is 14.2 Å². The quantitative estimate of drug-likeness (QED) is 0.297.